The van der Waals surface area contributed by atoms with Crippen LogP contribution in [0.5, 0.6) is 11.5 Å². The highest BCUT2D eigenvalue weighted by Gasteiger charge is 2.26. The highest BCUT2D eigenvalue weighted by atomic mass is 19.1. The summed E-state index contributed by atoms with van der Waals surface area (Å²) >= 11 is 0. The van der Waals surface area contributed by atoms with Crippen LogP contribution < -0.4 is 14.4 Å². The van der Waals surface area contributed by atoms with Crippen molar-refractivity contribution < 1.29 is 23.5 Å². The van der Waals surface area contributed by atoms with Gasteiger partial charge in [-0.3, -0.25) is 14.7 Å². The maximum Gasteiger partial charge on any atom is 0.343 e. The first kappa shape index (κ1) is 25.4. The fourth-order valence-electron chi connectivity index (χ4n) is 4.00. The van der Waals surface area contributed by atoms with Crippen LogP contribution in [0.15, 0.2) is 121 Å². The molecule has 0 saturated carbocycles. The van der Waals surface area contributed by atoms with E-state index in [0.29, 0.717) is 33.8 Å². The number of hydrogen-bond donors (Lipinski definition) is 0. The predicted molar refractivity (Wildman–Crippen MR) is 147 cm³/mol. The Morgan fingerprint density at radius 2 is 1.38 bits per heavy atom. The minimum Gasteiger partial charge on any atom is -0.497 e. The molecule has 0 spiro atoms. The Hall–Kier alpha value is -5.30. The van der Waals surface area contributed by atoms with Crippen LogP contribution in [0.3, 0.4) is 0 Å². The summed E-state index contributed by atoms with van der Waals surface area (Å²) < 4.78 is 24.7. The van der Waals surface area contributed by atoms with Crippen LogP contribution in [-0.4, -0.2) is 24.0 Å². The molecular formula is C32H23FN2O4. The summed E-state index contributed by atoms with van der Waals surface area (Å²) in [5.74, 6) is -0.645. The maximum absolute atomic E-state index is 14.0. The molecule has 5 aromatic rings. The molecule has 1 aromatic heterocycles. The number of rotatable bonds is 7. The third-order valence-corrected chi connectivity index (χ3v) is 5.99. The highest BCUT2D eigenvalue weighted by molar-refractivity contribution is 6.12. The number of carbonyl (C=O) groups is 2. The van der Waals surface area contributed by atoms with Gasteiger partial charge in [-0.25, -0.2) is 9.18 Å². The van der Waals surface area contributed by atoms with E-state index < -0.39 is 5.97 Å². The van der Waals surface area contributed by atoms with E-state index in [0.717, 1.165) is 0 Å². The summed E-state index contributed by atoms with van der Waals surface area (Å²) in [5.41, 5.74) is 2.65. The summed E-state index contributed by atoms with van der Waals surface area (Å²) in [4.78, 5) is 32.9. The monoisotopic (exact) mass is 518 g/mol. The molecule has 0 bridgehead atoms. The number of hydrogen-bond acceptors (Lipinski definition) is 5. The zero-order valence-corrected chi connectivity index (χ0v) is 21.0. The molecule has 0 radical (unpaired) electrons. The van der Waals surface area contributed by atoms with E-state index in [1.165, 1.54) is 23.2 Å². The van der Waals surface area contributed by atoms with Gasteiger partial charge in [-0.05, 0) is 78.9 Å². The fourth-order valence-corrected chi connectivity index (χ4v) is 4.00. The normalized spacial score (nSPS) is 10.5. The molecule has 1 heterocycles. The first-order valence-corrected chi connectivity index (χ1v) is 12.1. The van der Waals surface area contributed by atoms with Gasteiger partial charge >= 0.3 is 5.97 Å². The van der Waals surface area contributed by atoms with E-state index >= 15 is 0 Å². The van der Waals surface area contributed by atoms with Crippen LogP contribution >= 0.6 is 0 Å². The van der Waals surface area contributed by atoms with Crippen LogP contribution in [-0.2, 0) is 0 Å². The molecule has 39 heavy (non-hydrogen) atoms. The molecular weight excluding hydrogens is 495 g/mol. The number of benzene rings is 4. The molecule has 0 atom stereocenters. The summed E-state index contributed by atoms with van der Waals surface area (Å²) in [6.07, 6.45) is 1.39. The molecule has 0 aliphatic rings. The van der Waals surface area contributed by atoms with Crippen LogP contribution in [0, 0.1) is 5.82 Å². The van der Waals surface area contributed by atoms with E-state index in [4.69, 9.17) is 9.47 Å². The van der Waals surface area contributed by atoms with Gasteiger partial charge in [-0.15, -0.1) is 0 Å². The number of ether oxygens (including phenoxy) is 2. The number of halogens is 1. The summed E-state index contributed by atoms with van der Waals surface area (Å²) in [6, 6.07) is 31.7. The van der Waals surface area contributed by atoms with Crippen LogP contribution in [0.1, 0.15) is 20.7 Å². The zero-order chi connectivity index (χ0) is 27.2. The Morgan fingerprint density at radius 1 is 0.769 bits per heavy atom. The maximum atomic E-state index is 14.0. The predicted octanol–water partition coefficient (Wildman–Crippen LogP) is 7.09. The van der Waals surface area contributed by atoms with E-state index in [-0.39, 0.29) is 23.2 Å². The van der Waals surface area contributed by atoms with E-state index in [1.54, 1.807) is 104 Å². The van der Waals surface area contributed by atoms with Crippen molar-refractivity contribution in [1.29, 1.82) is 0 Å². The standard InChI is InChI=1S/C32H23FN2O4/c1-38-27-18-16-26(17-19-27)35(31(36)23-8-4-2-5-9-23)29-20-28(22-12-14-25(33)15-13-22)34-21-30(29)39-32(37)24-10-6-3-7-11-24/h2-21H,1H3. The lowest BCUT2D eigenvalue weighted by atomic mass is 10.1. The van der Waals surface area contributed by atoms with Crippen molar-refractivity contribution in [2.45, 2.75) is 0 Å². The van der Waals surface area contributed by atoms with Crippen molar-refractivity contribution in [2.75, 3.05) is 12.0 Å². The van der Waals surface area contributed by atoms with Gasteiger partial charge in [0.25, 0.3) is 5.91 Å². The lowest BCUT2D eigenvalue weighted by Crippen LogP contribution is -2.27. The van der Waals surface area contributed by atoms with Crippen LogP contribution in [0.25, 0.3) is 11.3 Å². The van der Waals surface area contributed by atoms with Gasteiger partial charge < -0.3 is 9.47 Å². The van der Waals surface area contributed by atoms with Gasteiger partial charge in [0, 0.05) is 16.8 Å². The SMILES string of the molecule is COc1ccc(N(C(=O)c2ccccc2)c2cc(-c3ccc(F)cc3)ncc2OC(=O)c2ccccc2)cc1. The smallest absolute Gasteiger partial charge is 0.343 e. The van der Waals surface area contributed by atoms with Gasteiger partial charge in [0.1, 0.15) is 11.6 Å². The summed E-state index contributed by atoms with van der Waals surface area (Å²) in [6.45, 7) is 0. The highest BCUT2D eigenvalue weighted by Crippen LogP contribution is 2.38. The number of pyridine rings is 1. The third kappa shape index (κ3) is 5.67. The van der Waals surface area contributed by atoms with Gasteiger partial charge in [0.05, 0.1) is 30.3 Å². The van der Waals surface area contributed by atoms with Crippen molar-refractivity contribution in [3.63, 3.8) is 0 Å². The number of anilines is 2. The van der Waals surface area contributed by atoms with Gasteiger partial charge in [0.2, 0.25) is 0 Å². The van der Waals surface area contributed by atoms with Crippen molar-refractivity contribution in [2.24, 2.45) is 0 Å². The lowest BCUT2D eigenvalue weighted by Gasteiger charge is -2.25. The molecule has 0 aliphatic heterocycles. The van der Waals surface area contributed by atoms with Crippen molar-refractivity contribution >= 4 is 23.3 Å². The minimum absolute atomic E-state index is 0.0785. The molecule has 192 valence electrons. The topological polar surface area (TPSA) is 68.7 Å². The number of esters is 1. The first-order valence-electron chi connectivity index (χ1n) is 12.1. The van der Waals surface area contributed by atoms with Crippen molar-refractivity contribution in [1.82, 2.24) is 4.98 Å². The quantitative estimate of drug-likeness (QED) is 0.215. The molecule has 1 amide bonds. The number of methoxy groups -OCH3 is 1. The second-order valence-electron chi connectivity index (χ2n) is 8.50. The zero-order valence-electron chi connectivity index (χ0n) is 21.0. The molecule has 0 aliphatic carbocycles. The molecule has 0 fully saturated rings. The van der Waals surface area contributed by atoms with E-state index in [9.17, 15) is 14.0 Å². The van der Waals surface area contributed by atoms with Crippen LogP contribution in [0.4, 0.5) is 15.8 Å². The second kappa shape index (κ2) is 11.4. The van der Waals surface area contributed by atoms with Crippen LogP contribution in [0.2, 0.25) is 0 Å². The number of amides is 1. The fraction of sp³-hybridized carbons (Fsp3) is 0.0312. The molecule has 0 N–H and O–H groups in total. The molecule has 6 nitrogen and oxygen atoms in total. The van der Waals surface area contributed by atoms with Gasteiger partial charge in [-0.2, -0.15) is 0 Å². The van der Waals surface area contributed by atoms with Crippen molar-refractivity contribution in [3.05, 3.63) is 138 Å². The Balaban J connectivity index is 1.68. The van der Waals surface area contributed by atoms with E-state index in [2.05, 4.69) is 4.98 Å². The average Bonchev–Trinajstić information content (AvgIpc) is 2.99. The Labute approximate surface area is 224 Å². The molecule has 0 unspecified atom stereocenters. The first-order chi connectivity index (χ1) is 19.0. The minimum atomic E-state index is -0.602. The van der Waals surface area contributed by atoms with Crippen molar-refractivity contribution in [3.8, 4) is 22.8 Å². The second-order valence-corrected chi connectivity index (χ2v) is 8.50. The Morgan fingerprint density at radius 3 is 2.00 bits per heavy atom. The third-order valence-electron chi connectivity index (χ3n) is 5.99. The molecule has 4 aromatic carbocycles. The number of carbonyl (C=O) groups excluding carboxylic acids is 2. The number of aromatic nitrogens is 1. The largest absolute Gasteiger partial charge is 0.497 e. The van der Waals surface area contributed by atoms with Gasteiger partial charge in [-0.1, -0.05) is 36.4 Å². The molecule has 0 saturated heterocycles. The van der Waals surface area contributed by atoms with Gasteiger partial charge in [0.15, 0.2) is 5.75 Å². The number of nitrogens with zero attached hydrogens (tertiary/aromatic N) is 2. The summed E-state index contributed by atoms with van der Waals surface area (Å²) in [5, 5.41) is 0. The summed E-state index contributed by atoms with van der Waals surface area (Å²) in [7, 11) is 1.56. The Kier molecular flexibility index (Phi) is 7.41. The average molecular weight is 519 g/mol. The Bertz CT molecular complexity index is 1590. The molecule has 7 heteroatoms. The lowest BCUT2D eigenvalue weighted by molar-refractivity contribution is 0.0733. The molecule has 5 rings (SSSR count). The van der Waals surface area contributed by atoms with E-state index in [1.807, 2.05) is 6.07 Å².